The molecule has 1 heterocycles. The van der Waals surface area contributed by atoms with Crippen LogP contribution in [0.4, 0.5) is 8.78 Å². The number of halogens is 2. The van der Waals surface area contributed by atoms with Gasteiger partial charge in [-0.3, -0.25) is 4.79 Å². The number of aromatic nitrogens is 3. The molecule has 5 nitrogen and oxygen atoms in total. The van der Waals surface area contributed by atoms with Crippen LogP contribution in [-0.2, 0) is 6.54 Å². The molecule has 0 aliphatic carbocycles. The van der Waals surface area contributed by atoms with E-state index < -0.39 is 35.4 Å². The number of hydrogen-bond acceptors (Lipinski definition) is 4. The van der Waals surface area contributed by atoms with Crippen LogP contribution in [0.3, 0.4) is 0 Å². The van der Waals surface area contributed by atoms with Crippen molar-refractivity contribution >= 4 is 10.9 Å². The van der Waals surface area contributed by atoms with Gasteiger partial charge >= 0.3 is 0 Å². The van der Waals surface area contributed by atoms with Gasteiger partial charge in [-0.05, 0) is 24.3 Å². The average Bonchev–Trinajstić information content (AvgIpc) is 2.50. The van der Waals surface area contributed by atoms with Crippen molar-refractivity contribution in [3.63, 3.8) is 0 Å². The minimum absolute atomic E-state index is 0.318. The van der Waals surface area contributed by atoms with Gasteiger partial charge in [-0.15, -0.1) is 5.10 Å². The number of rotatable bonds is 3. The van der Waals surface area contributed by atoms with Gasteiger partial charge in [-0.1, -0.05) is 23.4 Å². The Kier molecular flexibility index (Phi) is 3.64. The third-order valence-corrected chi connectivity index (χ3v) is 3.31. The molecule has 0 saturated heterocycles. The molecule has 3 rings (SSSR count). The number of aliphatic hydroxyl groups is 1. The number of nitrogens with zero attached hydrogens (tertiary/aromatic N) is 3. The molecule has 22 heavy (non-hydrogen) atoms. The first kappa shape index (κ1) is 14.3. The van der Waals surface area contributed by atoms with Crippen LogP contribution in [0, 0.1) is 11.6 Å². The van der Waals surface area contributed by atoms with E-state index in [0.29, 0.717) is 10.9 Å². The normalized spacial score (nSPS) is 12.5. The lowest BCUT2D eigenvalue weighted by atomic mass is 10.1. The second-order valence-electron chi connectivity index (χ2n) is 4.74. The molecule has 7 heteroatoms. The molecule has 1 N–H and O–H groups in total. The van der Waals surface area contributed by atoms with Crippen LogP contribution in [0.2, 0.25) is 0 Å². The van der Waals surface area contributed by atoms with E-state index in [1.165, 1.54) is 6.07 Å². The Morgan fingerprint density at radius 2 is 1.77 bits per heavy atom. The van der Waals surface area contributed by atoms with Gasteiger partial charge in [0.2, 0.25) is 0 Å². The quantitative estimate of drug-likeness (QED) is 0.801. The van der Waals surface area contributed by atoms with Crippen LogP contribution in [0.25, 0.3) is 10.9 Å². The first-order valence-corrected chi connectivity index (χ1v) is 6.52. The Labute approximate surface area is 123 Å². The van der Waals surface area contributed by atoms with Gasteiger partial charge in [0, 0.05) is 0 Å². The van der Waals surface area contributed by atoms with Crippen molar-refractivity contribution in [3.8, 4) is 0 Å². The molecule has 0 fully saturated rings. The monoisotopic (exact) mass is 303 g/mol. The van der Waals surface area contributed by atoms with Crippen LogP contribution >= 0.6 is 0 Å². The van der Waals surface area contributed by atoms with E-state index in [4.69, 9.17) is 0 Å². The summed E-state index contributed by atoms with van der Waals surface area (Å²) >= 11 is 0. The summed E-state index contributed by atoms with van der Waals surface area (Å²) in [5, 5.41) is 17.9. The third-order valence-electron chi connectivity index (χ3n) is 3.31. The summed E-state index contributed by atoms with van der Waals surface area (Å²) in [6.45, 7) is -0.394. The summed E-state index contributed by atoms with van der Waals surface area (Å²) in [5.74, 6) is -1.76. The van der Waals surface area contributed by atoms with Gasteiger partial charge in [-0.2, -0.15) is 0 Å². The Bertz CT molecular complexity index is 875. The minimum Gasteiger partial charge on any atom is -0.386 e. The van der Waals surface area contributed by atoms with Crippen LogP contribution in [-0.4, -0.2) is 20.1 Å². The Morgan fingerprint density at radius 1 is 1.09 bits per heavy atom. The molecule has 0 saturated carbocycles. The summed E-state index contributed by atoms with van der Waals surface area (Å²) in [6.07, 6.45) is -1.55. The highest BCUT2D eigenvalue weighted by Crippen LogP contribution is 2.21. The van der Waals surface area contributed by atoms with E-state index in [0.717, 1.165) is 16.8 Å². The molecule has 0 radical (unpaired) electrons. The molecule has 1 atom stereocenters. The lowest BCUT2D eigenvalue weighted by Gasteiger charge is -2.13. The summed E-state index contributed by atoms with van der Waals surface area (Å²) in [6, 6.07) is 9.85. The summed E-state index contributed by atoms with van der Waals surface area (Å²) in [4.78, 5) is 12.2. The topological polar surface area (TPSA) is 68.0 Å². The molecular formula is C15H11F2N3O2. The highest BCUT2D eigenvalue weighted by Gasteiger charge is 2.19. The van der Waals surface area contributed by atoms with E-state index in [9.17, 15) is 18.7 Å². The van der Waals surface area contributed by atoms with Crippen molar-refractivity contribution in [2.45, 2.75) is 12.6 Å². The maximum atomic E-state index is 13.6. The lowest BCUT2D eigenvalue weighted by Crippen LogP contribution is -2.27. The van der Waals surface area contributed by atoms with E-state index >= 15 is 0 Å². The largest absolute Gasteiger partial charge is 0.386 e. The SMILES string of the molecule is O=c1c2ccccc2nnn1CC(O)c1c(F)cccc1F. The molecule has 0 aliphatic rings. The van der Waals surface area contributed by atoms with E-state index in [-0.39, 0.29) is 0 Å². The molecule has 112 valence electrons. The Hall–Kier alpha value is -2.67. The van der Waals surface area contributed by atoms with E-state index in [2.05, 4.69) is 10.3 Å². The van der Waals surface area contributed by atoms with Gasteiger partial charge in [0.15, 0.2) is 0 Å². The zero-order valence-corrected chi connectivity index (χ0v) is 11.3. The van der Waals surface area contributed by atoms with Gasteiger partial charge in [-0.25, -0.2) is 13.5 Å². The van der Waals surface area contributed by atoms with E-state index in [1.54, 1.807) is 24.3 Å². The molecule has 1 unspecified atom stereocenters. The Morgan fingerprint density at radius 3 is 2.50 bits per heavy atom. The fraction of sp³-hybridized carbons (Fsp3) is 0.133. The smallest absolute Gasteiger partial charge is 0.277 e. The average molecular weight is 303 g/mol. The van der Waals surface area contributed by atoms with Crippen molar-refractivity contribution < 1.29 is 13.9 Å². The molecular weight excluding hydrogens is 292 g/mol. The number of benzene rings is 2. The maximum Gasteiger partial charge on any atom is 0.277 e. The predicted molar refractivity (Wildman–Crippen MR) is 75.1 cm³/mol. The third kappa shape index (κ3) is 2.46. The van der Waals surface area contributed by atoms with Gasteiger partial charge < -0.3 is 5.11 Å². The second-order valence-corrected chi connectivity index (χ2v) is 4.74. The lowest BCUT2D eigenvalue weighted by molar-refractivity contribution is 0.139. The zero-order chi connectivity index (χ0) is 15.7. The van der Waals surface area contributed by atoms with Crippen molar-refractivity contribution in [2.75, 3.05) is 0 Å². The molecule has 3 aromatic rings. The van der Waals surface area contributed by atoms with Gasteiger partial charge in [0.1, 0.15) is 23.3 Å². The first-order chi connectivity index (χ1) is 10.6. The second kappa shape index (κ2) is 5.61. The Balaban J connectivity index is 2.00. The summed E-state index contributed by atoms with van der Waals surface area (Å²) in [7, 11) is 0. The summed E-state index contributed by atoms with van der Waals surface area (Å²) in [5.41, 5.74) is -0.568. The zero-order valence-electron chi connectivity index (χ0n) is 11.3. The fourth-order valence-electron chi connectivity index (χ4n) is 2.23. The predicted octanol–water partition coefficient (Wildman–Crippen LogP) is 1.80. The minimum atomic E-state index is -1.55. The van der Waals surface area contributed by atoms with Crippen LogP contribution in [0.1, 0.15) is 11.7 Å². The maximum absolute atomic E-state index is 13.6. The van der Waals surface area contributed by atoms with Crippen LogP contribution < -0.4 is 5.56 Å². The van der Waals surface area contributed by atoms with Gasteiger partial charge in [0.05, 0.1) is 17.5 Å². The van der Waals surface area contributed by atoms with Crippen LogP contribution in [0.15, 0.2) is 47.3 Å². The highest BCUT2D eigenvalue weighted by atomic mass is 19.1. The summed E-state index contributed by atoms with van der Waals surface area (Å²) < 4.78 is 28.2. The molecule has 1 aromatic heterocycles. The molecule has 0 aliphatic heterocycles. The van der Waals surface area contributed by atoms with Crippen molar-refractivity contribution in [1.29, 1.82) is 0 Å². The van der Waals surface area contributed by atoms with E-state index in [1.807, 2.05) is 0 Å². The fourth-order valence-corrected chi connectivity index (χ4v) is 2.23. The molecule has 2 aromatic carbocycles. The van der Waals surface area contributed by atoms with Crippen molar-refractivity contribution in [3.05, 3.63) is 70.0 Å². The highest BCUT2D eigenvalue weighted by molar-refractivity contribution is 5.76. The molecule has 0 bridgehead atoms. The number of hydrogen-bond donors (Lipinski definition) is 1. The molecule has 0 amide bonds. The first-order valence-electron chi connectivity index (χ1n) is 6.52. The number of fused-ring (bicyclic) bond motifs is 1. The number of aliphatic hydroxyl groups excluding tert-OH is 1. The standard InChI is InChI=1S/C15H11F2N3O2/c16-10-5-3-6-11(17)14(10)13(21)8-20-15(22)9-4-1-2-7-12(9)18-19-20/h1-7,13,21H,8H2. The van der Waals surface area contributed by atoms with Gasteiger partial charge in [0.25, 0.3) is 5.56 Å². The van der Waals surface area contributed by atoms with Crippen molar-refractivity contribution in [1.82, 2.24) is 15.0 Å². The van der Waals surface area contributed by atoms with Crippen molar-refractivity contribution in [2.24, 2.45) is 0 Å². The molecule has 0 spiro atoms. The van der Waals surface area contributed by atoms with Crippen LogP contribution in [0.5, 0.6) is 0 Å².